The zero-order chi connectivity index (χ0) is 18.6. The van der Waals surface area contributed by atoms with Gasteiger partial charge in [0.15, 0.2) is 5.58 Å². The van der Waals surface area contributed by atoms with E-state index >= 15 is 0 Å². The summed E-state index contributed by atoms with van der Waals surface area (Å²) in [4.78, 5) is 16.2. The Morgan fingerprint density at radius 3 is 2.70 bits per heavy atom. The van der Waals surface area contributed by atoms with E-state index in [0.29, 0.717) is 17.0 Å². The van der Waals surface area contributed by atoms with Crippen molar-refractivity contribution in [2.45, 2.75) is 19.3 Å². The fourth-order valence-corrected chi connectivity index (χ4v) is 3.58. The lowest BCUT2D eigenvalue weighted by molar-refractivity contribution is 0.203. The summed E-state index contributed by atoms with van der Waals surface area (Å²) in [5.41, 5.74) is 3.28. The van der Waals surface area contributed by atoms with Crippen molar-refractivity contribution in [2.75, 3.05) is 19.6 Å². The maximum Gasteiger partial charge on any atom is 0.417 e. The van der Waals surface area contributed by atoms with E-state index in [1.807, 2.05) is 24.3 Å². The highest BCUT2D eigenvalue weighted by atomic mass is 19.1. The minimum atomic E-state index is -0.446. The highest BCUT2D eigenvalue weighted by Crippen LogP contribution is 2.21. The average Bonchev–Trinajstić information content (AvgIpc) is 3.04. The number of nitrogens with one attached hydrogen (secondary N) is 1. The van der Waals surface area contributed by atoms with Crippen molar-refractivity contribution in [1.29, 1.82) is 0 Å². The van der Waals surface area contributed by atoms with Gasteiger partial charge < -0.3 is 4.42 Å². The summed E-state index contributed by atoms with van der Waals surface area (Å²) in [6, 6.07) is 12.3. The van der Waals surface area contributed by atoms with Crippen LogP contribution in [0.2, 0.25) is 0 Å². The molecule has 0 saturated carbocycles. The van der Waals surface area contributed by atoms with Crippen molar-refractivity contribution in [3.8, 4) is 11.8 Å². The Hall–Kier alpha value is -2.84. The average molecular weight is 364 g/mol. The lowest BCUT2D eigenvalue weighted by Gasteiger charge is -2.30. The second-order valence-corrected chi connectivity index (χ2v) is 7.08. The van der Waals surface area contributed by atoms with Crippen LogP contribution in [0.15, 0.2) is 51.7 Å². The van der Waals surface area contributed by atoms with Crippen LogP contribution in [0.1, 0.15) is 24.0 Å². The minimum Gasteiger partial charge on any atom is -0.408 e. The maximum absolute atomic E-state index is 13.0. The topological polar surface area (TPSA) is 49.2 Å². The van der Waals surface area contributed by atoms with Gasteiger partial charge in [-0.3, -0.25) is 9.88 Å². The van der Waals surface area contributed by atoms with Crippen LogP contribution in [0.4, 0.5) is 4.39 Å². The predicted octanol–water partition coefficient (Wildman–Crippen LogP) is 3.57. The molecule has 4 nitrogen and oxygen atoms in total. The third-order valence-electron chi connectivity index (χ3n) is 5.10. The number of fused-ring (bicyclic) bond motifs is 1. The largest absolute Gasteiger partial charge is 0.417 e. The molecule has 1 aliphatic rings. The lowest BCUT2D eigenvalue weighted by atomic mass is 9.90. The predicted molar refractivity (Wildman–Crippen MR) is 103 cm³/mol. The minimum absolute atomic E-state index is 0.176. The Bertz CT molecular complexity index is 1030. The smallest absolute Gasteiger partial charge is 0.408 e. The summed E-state index contributed by atoms with van der Waals surface area (Å²) in [6.07, 6.45) is 3.29. The molecule has 5 heteroatoms. The monoisotopic (exact) mass is 364 g/mol. The van der Waals surface area contributed by atoms with E-state index in [1.165, 1.54) is 17.7 Å². The normalized spacial score (nSPS) is 15.6. The number of halogens is 1. The van der Waals surface area contributed by atoms with Crippen molar-refractivity contribution >= 4 is 11.1 Å². The molecule has 0 bridgehead atoms. The zero-order valence-electron chi connectivity index (χ0n) is 15.0. The number of likely N-dealkylation sites (tertiary alicyclic amines) is 1. The van der Waals surface area contributed by atoms with E-state index in [1.54, 1.807) is 6.07 Å². The number of aromatic nitrogens is 1. The first kappa shape index (κ1) is 17.6. The summed E-state index contributed by atoms with van der Waals surface area (Å²) >= 11 is 0. The number of aromatic amines is 1. The number of piperidine rings is 1. The molecule has 1 saturated heterocycles. The molecule has 0 atom stereocenters. The Balaban J connectivity index is 1.28. The molecule has 1 fully saturated rings. The van der Waals surface area contributed by atoms with E-state index in [4.69, 9.17) is 4.42 Å². The first-order valence-electron chi connectivity index (χ1n) is 9.24. The molecule has 0 spiro atoms. The van der Waals surface area contributed by atoms with Gasteiger partial charge in [0.05, 0.1) is 12.1 Å². The highest BCUT2D eigenvalue weighted by molar-refractivity contribution is 5.73. The van der Waals surface area contributed by atoms with Gasteiger partial charge in [-0.2, -0.15) is 0 Å². The molecule has 0 unspecified atom stereocenters. The number of hydrogen-bond acceptors (Lipinski definition) is 3. The Morgan fingerprint density at radius 1 is 1.15 bits per heavy atom. The van der Waals surface area contributed by atoms with E-state index in [2.05, 4.69) is 21.7 Å². The fourth-order valence-electron chi connectivity index (χ4n) is 3.58. The lowest BCUT2D eigenvalue weighted by Crippen LogP contribution is -2.34. The molecule has 0 aliphatic carbocycles. The third-order valence-corrected chi connectivity index (χ3v) is 5.10. The molecule has 0 amide bonds. The summed E-state index contributed by atoms with van der Waals surface area (Å²) in [6.45, 7) is 2.80. The molecule has 2 aromatic carbocycles. The van der Waals surface area contributed by atoms with Crippen molar-refractivity contribution in [3.63, 3.8) is 0 Å². The SMILES string of the molecule is O=c1[nH]c2ccc(C#CCN3CCC(Cc4ccc(F)cc4)CC3)cc2o1. The first-order chi connectivity index (χ1) is 13.2. The first-order valence-corrected chi connectivity index (χ1v) is 9.24. The number of H-pyrrole nitrogens is 1. The van der Waals surface area contributed by atoms with Gasteiger partial charge in [0, 0.05) is 5.56 Å². The summed E-state index contributed by atoms with van der Waals surface area (Å²) < 4.78 is 18.1. The number of hydrogen-bond donors (Lipinski definition) is 1. The second kappa shape index (κ2) is 7.81. The molecule has 27 heavy (non-hydrogen) atoms. The number of benzene rings is 2. The van der Waals surface area contributed by atoms with Gasteiger partial charge in [-0.25, -0.2) is 9.18 Å². The number of oxazole rings is 1. The summed E-state index contributed by atoms with van der Waals surface area (Å²) in [5, 5.41) is 0. The van der Waals surface area contributed by atoms with E-state index in [9.17, 15) is 9.18 Å². The molecule has 0 radical (unpaired) electrons. The van der Waals surface area contributed by atoms with Gasteiger partial charge in [-0.15, -0.1) is 0 Å². The molecule has 2 heterocycles. The maximum atomic E-state index is 13.0. The van der Waals surface area contributed by atoms with Crippen molar-refractivity contribution in [2.24, 2.45) is 5.92 Å². The van der Waals surface area contributed by atoms with E-state index < -0.39 is 5.76 Å². The molecule has 1 aliphatic heterocycles. The highest BCUT2D eigenvalue weighted by Gasteiger charge is 2.18. The molecule has 1 aromatic heterocycles. The van der Waals surface area contributed by atoms with E-state index in [-0.39, 0.29) is 5.82 Å². The summed E-state index contributed by atoms with van der Waals surface area (Å²) in [7, 11) is 0. The van der Waals surface area contributed by atoms with Crippen molar-refractivity contribution < 1.29 is 8.81 Å². The van der Waals surface area contributed by atoms with Gasteiger partial charge in [0.1, 0.15) is 5.82 Å². The van der Waals surface area contributed by atoms with Crippen LogP contribution < -0.4 is 5.76 Å². The quantitative estimate of drug-likeness (QED) is 0.723. The molecule has 3 aromatic rings. The Labute approximate surface area is 157 Å². The van der Waals surface area contributed by atoms with Crippen molar-refractivity contribution in [3.05, 3.63) is 70.0 Å². The van der Waals surface area contributed by atoms with Gasteiger partial charge in [-0.05, 0) is 74.2 Å². The molecule has 4 rings (SSSR count). The molecule has 138 valence electrons. The van der Waals surface area contributed by atoms with Crippen LogP contribution in [-0.4, -0.2) is 29.5 Å². The van der Waals surface area contributed by atoms with Crippen LogP contribution in [0, 0.1) is 23.6 Å². The standard InChI is InChI=1S/C22H21FN2O2/c23-19-6-3-17(4-7-19)14-18-9-12-25(13-10-18)11-1-2-16-5-8-20-21(15-16)27-22(26)24-20/h3-8,15,18H,9-14H2,(H,24,26). The van der Waals surface area contributed by atoms with E-state index in [0.717, 1.165) is 44.5 Å². The van der Waals surface area contributed by atoms with Gasteiger partial charge in [0.25, 0.3) is 0 Å². The van der Waals surface area contributed by atoms with Crippen molar-refractivity contribution in [1.82, 2.24) is 9.88 Å². The van der Waals surface area contributed by atoms with Gasteiger partial charge in [0.2, 0.25) is 0 Å². The van der Waals surface area contributed by atoms with Crippen LogP contribution in [0.5, 0.6) is 0 Å². The van der Waals surface area contributed by atoms with Crippen LogP contribution in [0.3, 0.4) is 0 Å². The Morgan fingerprint density at radius 2 is 1.93 bits per heavy atom. The molecular weight excluding hydrogens is 343 g/mol. The number of nitrogens with zero attached hydrogens (tertiary/aromatic N) is 1. The molecular formula is C22H21FN2O2. The van der Waals surface area contributed by atoms with Crippen LogP contribution >= 0.6 is 0 Å². The summed E-state index contributed by atoms with van der Waals surface area (Å²) in [5.74, 6) is 6.39. The fraction of sp³-hybridized carbons (Fsp3) is 0.318. The van der Waals surface area contributed by atoms with Gasteiger partial charge >= 0.3 is 5.76 Å². The van der Waals surface area contributed by atoms with Crippen LogP contribution in [-0.2, 0) is 6.42 Å². The number of rotatable bonds is 3. The molecule has 1 N–H and O–H groups in total. The third kappa shape index (κ3) is 4.47. The van der Waals surface area contributed by atoms with Gasteiger partial charge in [-0.1, -0.05) is 24.0 Å². The second-order valence-electron chi connectivity index (χ2n) is 7.08. The Kier molecular flexibility index (Phi) is 5.08. The van der Waals surface area contributed by atoms with Crippen LogP contribution in [0.25, 0.3) is 11.1 Å². The zero-order valence-corrected chi connectivity index (χ0v) is 15.0.